The van der Waals surface area contributed by atoms with Crippen LogP contribution in [0, 0.1) is 0 Å². The third kappa shape index (κ3) is 4.33. The number of carbonyl (C=O) groups excluding carboxylic acids is 1. The number of amidine groups is 1. The second-order valence-electron chi connectivity index (χ2n) is 7.51. The van der Waals surface area contributed by atoms with E-state index in [1.54, 1.807) is 4.90 Å². The predicted octanol–water partition coefficient (Wildman–Crippen LogP) is 2.86. The summed E-state index contributed by atoms with van der Waals surface area (Å²) in [7, 11) is 0. The fourth-order valence-corrected chi connectivity index (χ4v) is 3.40. The first-order valence-corrected chi connectivity index (χ1v) is 9.26. The number of hydrogen-bond donors (Lipinski definition) is 2. The number of β-amino-alcohol motifs (C(OH)–C–C–N with tert-alkyl or cyclic N) is 1. The van der Waals surface area contributed by atoms with Crippen molar-refractivity contribution in [1.29, 1.82) is 0 Å². The average molecular weight is 410 g/mol. The molecular weight excluding hydrogens is 386 g/mol. The Kier molecular flexibility index (Phi) is 5.06. The number of amides is 1. The van der Waals surface area contributed by atoms with Gasteiger partial charge in [-0.25, -0.2) is 4.79 Å². The fourth-order valence-electron chi connectivity index (χ4n) is 3.14. The number of nitrogens with one attached hydrogen (secondary N) is 1. The van der Waals surface area contributed by atoms with Gasteiger partial charge in [0.1, 0.15) is 11.4 Å². The lowest BCUT2D eigenvalue weighted by Crippen LogP contribution is -2.46. The molecule has 2 aliphatic heterocycles. The van der Waals surface area contributed by atoms with Crippen molar-refractivity contribution in [3.05, 3.63) is 34.3 Å². The maximum atomic E-state index is 12.5. The SMILES string of the molecule is CC(C)(C)OC(=O)N1C[C@@H](O)C[C@H]1C1=NCC(c2ccc(Br)cc2)N1. The number of ether oxygens (including phenoxy) is 1. The van der Waals surface area contributed by atoms with Gasteiger partial charge in [0.05, 0.1) is 31.3 Å². The molecule has 0 radical (unpaired) electrons. The lowest BCUT2D eigenvalue weighted by molar-refractivity contribution is 0.0242. The molecule has 2 aliphatic rings. The van der Waals surface area contributed by atoms with Crippen molar-refractivity contribution >= 4 is 27.9 Å². The number of aliphatic hydroxyl groups excluding tert-OH is 1. The van der Waals surface area contributed by atoms with Gasteiger partial charge >= 0.3 is 6.09 Å². The van der Waals surface area contributed by atoms with Crippen LogP contribution in [0.1, 0.15) is 38.8 Å². The summed E-state index contributed by atoms with van der Waals surface area (Å²) in [5.41, 5.74) is 0.573. The average Bonchev–Trinajstić information content (AvgIpc) is 3.12. The van der Waals surface area contributed by atoms with Crippen LogP contribution in [0.2, 0.25) is 0 Å². The smallest absolute Gasteiger partial charge is 0.411 e. The van der Waals surface area contributed by atoms with Crippen molar-refractivity contribution in [2.24, 2.45) is 4.99 Å². The monoisotopic (exact) mass is 409 g/mol. The highest BCUT2D eigenvalue weighted by Crippen LogP contribution is 2.26. The molecular formula is C18H24BrN3O3. The molecule has 2 heterocycles. The summed E-state index contributed by atoms with van der Waals surface area (Å²) in [5.74, 6) is 0.746. The molecule has 1 aromatic rings. The van der Waals surface area contributed by atoms with Crippen LogP contribution in [0.15, 0.2) is 33.7 Å². The van der Waals surface area contributed by atoms with Gasteiger partial charge in [-0.3, -0.25) is 9.89 Å². The number of aliphatic imine (C=N–C) groups is 1. The molecule has 25 heavy (non-hydrogen) atoms. The predicted molar refractivity (Wildman–Crippen MR) is 99.7 cm³/mol. The summed E-state index contributed by atoms with van der Waals surface area (Å²) < 4.78 is 6.51. The molecule has 0 bridgehead atoms. The third-order valence-electron chi connectivity index (χ3n) is 4.26. The Morgan fingerprint density at radius 1 is 1.36 bits per heavy atom. The van der Waals surface area contributed by atoms with E-state index in [1.165, 1.54) is 0 Å². The minimum atomic E-state index is -0.569. The van der Waals surface area contributed by atoms with Gasteiger partial charge < -0.3 is 15.2 Å². The zero-order valence-corrected chi connectivity index (χ0v) is 16.3. The van der Waals surface area contributed by atoms with Gasteiger partial charge in [0.2, 0.25) is 0 Å². The molecule has 6 nitrogen and oxygen atoms in total. The fraction of sp³-hybridized carbons (Fsp3) is 0.556. The van der Waals surface area contributed by atoms with E-state index in [2.05, 4.69) is 38.4 Å². The first kappa shape index (κ1) is 18.2. The third-order valence-corrected chi connectivity index (χ3v) is 4.79. The minimum Gasteiger partial charge on any atom is -0.444 e. The van der Waals surface area contributed by atoms with Gasteiger partial charge in [-0.05, 0) is 38.5 Å². The zero-order valence-electron chi connectivity index (χ0n) is 14.7. The van der Waals surface area contributed by atoms with Crippen molar-refractivity contribution in [1.82, 2.24) is 10.2 Å². The van der Waals surface area contributed by atoms with Crippen LogP contribution in [0.25, 0.3) is 0 Å². The molecule has 1 aromatic carbocycles. The highest BCUT2D eigenvalue weighted by molar-refractivity contribution is 9.10. The molecule has 2 N–H and O–H groups in total. The Hall–Kier alpha value is -1.60. The number of nitrogens with zero attached hydrogens (tertiary/aromatic N) is 2. The molecule has 1 unspecified atom stereocenters. The summed E-state index contributed by atoms with van der Waals surface area (Å²) in [5, 5.41) is 13.5. The normalized spacial score (nSPS) is 26.4. The van der Waals surface area contributed by atoms with Crippen LogP contribution >= 0.6 is 15.9 Å². The molecule has 136 valence electrons. The van der Waals surface area contributed by atoms with Crippen LogP contribution < -0.4 is 5.32 Å². The Labute approximate surface area is 156 Å². The largest absolute Gasteiger partial charge is 0.444 e. The van der Waals surface area contributed by atoms with E-state index >= 15 is 0 Å². The van der Waals surface area contributed by atoms with Crippen molar-refractivity contribution in [3.63, 3.8) is 0 Å². The maximum Gasteiger partial charge on any atom is 0.411 e. The number of hydrogen-bond acceptors (Lipinski definition) is 5. The second-order valence-corrected chi connectivity index (χ2v) is 8.43. The molecule has 0 spiro atoms. The lowest BCUT2D eigenvalue weighted by atomic mass is 10.1. The summed E-state index contributed by atoms with van der Waals surface area (Å²) >= 11 is 3.44. The van der Waals surface area contributed by atoms with Crippen LogP contribution in [0.3, 0.4) is 0 Å². The molecule has 3 rings (SSSR count). The van der Waals surface area contributed by atoms with Crippen LogP contribution in [0.4, 0.5) is 4.79 Å². The first-order chi connectivity index (χ1) is 11.7. The summed E-state index contributed by atoms with van der Waals surface area (Å²) in [4.78, 5) is 18.6. The summed E-state index contributed by atoms with van der Waals surface area (Å²) in [6.45, 7) is 6.39. The van der Waals surface area contributed by atoms with Crippen molar-refractivity contribution in [3.8, 4) is 0 Å². The van der Waals surface area contributed by atoms with Gasteiger partial charge in [-0.2, -0.15) is 0 Å². The number of carbonyl (C=O) groups is 1. The maximum absolute atomic E-state index is 12.5. The number of aliphatic hydroxyl groups is 1. The lowest BCUT2D eigenvalue weighted by Gasteiger charge is -2.28. The number of halogens is 1. The molecule has 7 heteroatoms. The van der Waals surface area contributed by atoms with E-state index in [-0.39, 0.29) is 18.6 Å². The van der Waals surface area contributed by atoms with E-state index in [9.17, 15) is 9.90 Å². The van der Waals surface area contributed by atoms with E-state index in [0.29, 0.717) is 13.0 Å². The van der Waals surface area contributed by atoms with Crippen molar-refractivity contribution in [2.45, 2.75) is 51.0 Å². The van der Waals surface area contributed by atoms with Gasteiger partial charge in [-0.15, -0.1) is 0 Å². The van der Waals surface area contributed by atoms with Gasteiger partial charge in [-0.1, -0.05) is 28.1 Å². The van der Waals surface area contributed by atoms with Crippen LogP contribution in [-0.2, 0) is 4.74 Å². The van der Waals surface area contributed by atoms with E-state index in [4.69, 9.17) is 4.74 Å². The molecule has 0 saturated carbocycles. The molecule has 3 atom stereocenters. The Morgan fingerprint density at radius 2 is 2.04 bits per heavy atom. The molecule has 1 saturated heterocycles. The minimum absolute atomic E-state index is 0.0846. The first-order valence-electron chi connectivity index (χ1n) is 8.47. The zero-order chi connectivity index (χ0) is 18.2. The summed E-state index contributed by atoms with van der Waals surface area (Å²) in [6.07, 6.45) is -0.502. The van der Waals surface area contributed by atoms with Crippen LogP contribution in [0.5, 0.6) is 0 Å². The van der Waals surface area contributed by atoms with Crippen molar-refractivity contribution in [2.75, 3.05) is 13.1 Å². The second kappa shape index (κ2) is 6.96. The quantitative estimate of drug-likeness (QED) is 0.787. The number of rotatable bonds is 2. The number of benzene rings is 1. The van der Waals surface area contributed by atoms with Crippen LogP contribution in [-0.4, -0.2) is 52.8 Å². The Bertz CT molecular complexity index is 669. The van der Waals surface area contributed by atoms with Gasteiger partial charge in [0.15, 0.2) is 0 Å². The van der Waals surface area contributed by atoms with Gasteiger partial charge in [0, 0.05) is 10.9 Å². The Morgan fingerprint density at radius 3 is 2.68 bits per heavy atom. The molecule has 1 fully saturated rings. The van der Waals surface area contributed by atoms with Crippen molar-refractivity contribution < 1.29 is 14.6 Å². The highest BCUT2D eigenvalue weighted by Gasteiger charge is 2.41. The van der Waals surface area contributed by atoms with Gasteiger partial charge in [0.25, 0.3) is 0 Å². The molecule has 0 aromatic heterocycles. The Balaban J connectivity index is 1.69. The highest BCUT2D eigenvalue weighted by atomic mass is 79.9. The summed E-state index contributed by atoms with van der Waals surface area (Å²) in [6, 6.07) is 7.92. The topological polar surface area (TPSA) is 74.2 Å². The number of likely N-dealkylation sites (tertiary alicyclic amines) is 1. The molecule has 1 amide bonds. The standard InChI is InChI=1S/C18H24BrN3O3/c1-18(2,3)25-17(24)22-10-13(23)8-15(22)16-20-9-14(21-16)11-4-6-12(19)7-5-11/h4-7,13-15,23H,8-10H2,1-3H3,(H,20,21)/t13-,14?,15-/m0/s1. The van der Waals surface area contributed by atoms with E-state index in [0.717, 1.165) is 15.9 Å². The van der Waals surface area contributed by atoms with E-state index in [1.807, 2.05) is 32.9 Å². The van der Waals surface area contributed by atoms with E-state index < -0.39 is 17.8 Å². The molecule has 0 aliphatic carbocycles.